The topological polar surface area (TPSA) is 17.1 Å². The molecule has 1 rings (SSSR count). The minimum absolute atomic E-state index is 0.301. The number of carbonyl (C=O) groups excluding carboxylic acids is 1. The van der Waals surface area contributed by atoms with Gasteiger partial charge in [0.15, 0.2) is 11.5 Å². The van der Waals surface area contributed by atoms with Gasteiger partial charge in [-0.25, -0.2) is 4.39 Å². The van der Waals surface area contributed by atoms with Crippen LogP contribution in [0.3, 0.4) is 0 Å². The highest BCUT2D eigenvalue weighted by Crippen LogP contribution is 2.28. The van der Waals surface area contributed by atoms with Crippen molar-refractivity contribution >= 4 is 5.78 Å². The molecule has 0 aliphatic carbocycles. The number of Topliss-reactive ketones (excluding diaryl/α,β-unsaturated/α-hetero) is 1. The van der Waals surface area contributed by atoms with Gasteiger partial charge in [0.05, 0.1) is 0 Å². The Kier molecular flexibility index (Phi) is 6.03. The Morgan fingerprint density at radius 1 is 1.11 bits per heavy atom. The minimum Gasteiger partial charge on any atom is -0.296 e. The van der Waals surface area contributed by atoms with Crippen molar-refractivity contribution < 1.29 is 9.18 Å². The summed E-state index contributed by atoms with van der Waals surface area (Å²) in [6, 6.07) is 8.71. The molecule has 1 aromatic carbocycles. The van der Waals surface area contributed by atoms with Crippen LogP contribution in [0.5, 0.6) is 0 Å². The maximum absolute atomic E-state index is 14.4. The number of alkyl halides is 1. The largest absolute Gasteiger partial charge is 0.296 e. The number of carbonyl (C=O) groups is 1. The number of hydrogen-bond acceptors (Lipinski definition) is 1. The number of halogens is 1. The third kappa shape index (κ3) is 4.25. The lowest BCUT2D eigenvalue weighted by Crippen LogP contribution is -2.27. The summed E-state index contributed by atoms with van der Waals surface area (Å²) in [7, 11) is 0. The zero-order valence-electron chi connectivity index (χ0n) is 11.4. The monoisotopic (exact) mass is 250 g/mol. The molecule has 0 amide bonds. The number of unbranched alkanes of at least 4 members (excludes halogenated alkanes) is 4. The first-order chi connectivity index (χ1) is 8.59. The Hall–Kier alpha value is -1.18. The van der Waals surface area contributed by atoms with E-state index in [9.17, 15) is 9.18 Å². The molecule has 1 nitrogen and oxygen atoms in total. The Labute approximate surface area is 109 Å². The highest BCUT2D eigenvalue weighted by Gasteiger charge is 2.33. The van der Waals surface area contributed by atoms with Gasteiger partial charge in [-0.15, -0.1) is 0 Å². The average molecular weight is 250 g/mol. The maximum atomic E-state index is 14.4. The molecule has 1 aromatic rings. The molecule has 0 radical (unpaired) electrons. The van der Waals surface area contributed by atoms with Gasteiger partial charge < -0.3 is 0 Å². The van der Waals surface area contributed by atoms with Crippen LogP contribution in [0.2, 0.25) is 0 Å². The molecule has 0 aliphatic rings. The fourth-order valence-corrected chi connectivity index (χ4v) is 2.04. The fourth-order valence-electron chi connectivity index (χ4n) is 2.04. The van der Waals surface area contributed by atoms with Crippen molar-refractivity contribution in [2.24, 2.45) is 0 Å². The molecular weight excluding hydrogens is 227 g/mol. The maximum Gasteiger partial charge on any atom is 0.190 e. The van der Waals surface area contributed by atoms with E-state index in [0.29, 0.717) is 12.0 Å². The number of hydrogen-bond donors (Lipinski definition) is 0. The second-order valence-electron chi connectivity index (χ2n) is 4.96. The summed E-state index contributed by atoms with van der Waals surface area (Å²) < 4.78 is 14.4. The standard InChI is InChI=1S/C16H23FO/c1-3-4-5-6-10-13-15(18)16(2,17)14-11-8-7-9-12-14/h7-9,11-12H,3-6,10,13H2,1-2H3. The van der Waals surface area contributed by atoms with Crippen molar-refractivity contribution in [2.45, 2.75) is 58.0 Å². The summed E-state index contributed by atoms with van der Waals surface area (Å²) in [6.07, 6.45) is 5.66. The summed E-state index contributed by atoms with van der Waals surface area (Å²) in [5.74, 6) is -0.301. The quantitative estimate of drug-likeness (QED) is 0.606. The molecule has 1 unspecified atom stereocenters. The Balaban J connectivity index is 2.45. The molecule has 0 spiro atoms. The van der Waals surface area contributed by atoms with Crippen LogP contribution in [0, 0.1) is 0 Å². The highest BCUT2D eigenvalue weighted by molar-refractivity contribution is 5.87. The third-order valence-corrected chi connectivity index (χ3v) is 3.35. The zero-order valence-corrected chi connectivity index (χ0v) is 11.4. The summed E-state index contributed by atoms with van der Waals surface area (Å²) in [4.78, 5) is 11.9. The molecular formula is C16H23FO. The summed E-state index contributed by atoms with van der Waals surface area (Å²) in [6.45, 7) is 3.52. The first-order valence-corrected chi connectivity index (χ1v) is 6.86. The van der Waals surface area contributed by atoms with E-state index in [1.165, 1.54) is 19.8 Å². The van der Waals surface area contributed by atoms with Crippen molar-refractivity contribution in [1.29, 1.82) is 0 Å². The van der Waals surface area contributed by atoms with E-state index < -0.39 is 5.67 Å². The van der Waals surface area contributed by atoms with E-state index in [0.717, 1.165) is 19.3 Å². The first-order valence-electron chi connectivity index (χ1n) is 6.86. The fraction of sp³-hybridized carbons (Fsp3) is 0.562. The second-order valence-corrected chi connectivity index (χ2v) is 4.96. The summed E-state index contributed by atoms with van der Waals surface area (Å²) >= 11 is 0. The van der Waals surface area contributed by atoms with Gasteiger partial charge in [-0.05, 0) is 18.9 Å². The van der Waals surface area contributed by atoms with Crippen LogP contribution in [-0.2, 0) is 10.5 Å². The lowest BCUT2D eigenvalue weighted by Gasteiger charge is -2.19. The van der Waals surface area contributed by atoms with E-state index in [1.54, 1.807) is 24.3 Å². The molecule has 1 atom stereocenters. The van der Waals surface area contributed by atoms with Crippen molar-refractivity contribution in [3.05, 3.63) is 35.9 Å². The lowest BCUT2D eigenvalue weighted by atomic mass is 9.90. The number of benzene rings is 1. The molecule has 0 N–H and O–H groups in total. The van der Waals surface area contributed by atoms with Gasteiger partial charge in [0.2, 0.25) is 0 Å². The molecule has 0 saturated carbocycles. The van der Waals surface area contributed by atoms with Crippen LogP contribution >= 0.6 is 0 Å². The molecule has 0 heterocycles. The molecule has 0 fully saturated rings. The molecule has 18 heavy (non-hydrogen) atoms. The van der Waals surface area contributed by atoms with Gasteiger partial charge in [0, 0.05) is 6.42 Å². The molecule has 0 aromatic heterocycles. The Bertz CT molecular complexity index is 357. The van der Waals surface area contributed by atoms with Gasteiger partial charge in [-0.1, -0.05) is 62.9 Å². The predicted molar refractivity (Wildman–Crippen MR) is 73.3 cm³/mol. The van der Waals surface area contributed by atoms with Crippen LogP contribution in [0.15, 0.2) is 30.3 Å². The Morgan fingerprint density at radius 3 is 2.33 bits per heavy atom. The number of rotatable bonds is 8. The third-order valence-electron chi connectivity index (χ3n) is 3.35. The van der Waals surface area contributed by atoms with Crippen molar-refractivity contribution in [2.75, 3.05) is 0 Å². The predicted octanol–water partition coefficient (Wildman–Crippen LogP) is 4.80. The van der Waals surface area contributed by atoms with E-state index in [4.69, 9.17) is 0 Å². The Morgan fingerprint density at radius 2 is 1.72 bits per heavy atom. The minimum atomic E-state index is -1.84. The lowest BCUT2D eigenvalue weighted by molar-refractivity contribution is -0.130. The zero-order chi connectivity index (χ0) is 13.4. The van der Waals surface area contributed by atoms with Crippen LogP contribution in [-0.4, -0.2) is 5.78 Å². The van der Waals surface area contributed by atoms with Crippen molar-refractivity contribution in [3.8, 4) is 0 Å². The van der Waals surface area contributed by atoms with Crippen molar-refractivity contribution in [1.82, 2.24) is 0 Å². The molecule has 0 aliphatic heterocycles. The number of ketones is 1. The van der Waals surface area contributed by atoms with E-state index in [1.807, 2.05) is 6.07 Å². The van der Waals surface area contributed by atoms with Gasteiger partial charge in [-0.3, -0.25) is 4.79 Å². The molecule has 2 heteroatoms. The van der Waals surface area contributed by atoms with E-state index in [-0.39, 0.29) is 5.78 Å². The van der Waals surface area contributed by atoms with Crippen LogP contribution in [0.1, 0.15) is 57.9 Å². The van der Waals surface area contributed by atoms with Crippen LogP contribution in [0.25, 0.3) is 0 Å². The molecule has 100 valence electrons. The first kappa shape index (κ1) is 14.9. The molecule has 0 bridgehead atoms. The molecule has 0 saturated heterocycles. The van der Waals surface area contributed by atoms with Gasteiger partial charge in [-0.2, -0.15) is 0 Å². The van der Waals surface area contributed by atoms with Gasteiger partial charge >= 0.3 is 0 Å². The van der Waals surface area contributed by atoms with Crippen LogP contribution < -0.4 is 0 Å². The van der Waals surface area contributed by atoms with Crippen LogP contribution in [0.4, 0.5) is 4.39 Å². The SMILES string of the molecule is CCCCCCCC(=O)C(C)(F)c1ccccc1. The van der Waals surface area contributed by atoms with Crippen molar-refractivity contribution in [3.63, 3.8) is 0 Å². The van der Waals surface area contributed by atoms with Gasteiger partial charge in [0.1, 0.15) is 0 Å². The normalized spacial score (nSPS) is 14.2. The summed E-state index contributed by atoms with van der Waals surface area (Å²) in [5, 5.41) is 0. The van der Waals surface area contributed by atoms with Gasteiger partial charge in [0.25, 0.3) is 0 Å². The highest BCUT2D eigenvalue weighted by atomic mass is 19.1. The van der Waals surface area contributed by atoms with E-state index in [2.05, 4.69) is 6.92 Å². The second kappa shape index (κ2) is 7.30. The summed E-state index contributed by atoms with van der Waals surface area (Å²) in [5.41, 5.74) is -1.38. The average Bonchev–Trinajstić information content (AvgIpc) is 2.39. The van der Waals surface area contributed by atoms with E-state index >= 15 is 0 Å². The smallest absolute Gasteiger partial charge is 0.190 e.